The number of para-hydroxylation sites is 2. The van der Waals surface area contributed by atoms with Gasteiger partial charge in [0.15, 0.2) is 5.66 Å². The van der Waals surface area contributed by atoms with E-state index in [-0.39, 0.29) is 36.5 Å². The lowest BCUT2D eigenvalue weighted by Crippen LogP contribution is -2.73. The molecule has 27 nitrogen and oxygen atoms in total. The van der Waals surface area contributed by atoms with Crippen molar-refractivity contribution in [3.05, 3.63) is 191 Å². The summed E-state index contributed by atoms with van der Waals surface area (Å²) in [5.41, 5.74) is -3.07. The van der Waals surface area contributed by atoms with Crippen molar-refractivity contribution in [3.8, 4) is 22.9 Å². The Morgan fingerprint density at radius 1 is 0.622 bits per heavy atom. The Labute approximate surface area is 518 Å². The molecule has 1 saturated carbocycles. The van der Waals surface area contributed by atoms with Gasteiger partial charge in [-0.3, -0.25) is 9.80 Å². The van der Waals surface area contributed by atoms with Crippen LogP contribution in [0.3, 0.4) is 0 Å². The lowest BCUT2D eigenvalue weighted by atomic mass is 9.70. The zero-order valence-corrected chi connectivity index (χ0v) is 50.4. The highest BCUT2D eigenvalue weighted by molar-refractivity contribution is 5.79. The van der Waals surface area contributed by atoms with Gasteiger partial charge in [-0.1, -0.05) is 126 Å². The highest BCUT2D eigenvalue weighted by Gasteiger charge is 2.65. The molecule has 3 atom stereocenters. The van der Waals surface area contributed by atoms with Crippen LogP contribution >= 0.6 is 0 Å². The van der Waals surface area contributed by atoms with E-state index in [1.165, 1.54) is 29.3 Å². The van der Waals surface area contributed by atoms with Crippen molar-refractivity contribution in [3.63, 3.8) is 0 Å². The SMILES string of the molecule is COc1cccc(Cn2cc(COC(=O)N(CC3(Cc4cccc(OC)c4)C=NN=N3)OC(=O)N(CC3(Cc4ccccc4OC)C=NN=N3)C(c3cn(Cc4ccccc4)nn3)(N(C(=O)O)C3CCCCC3)C(C)(C)c3cn(-c4ccccc4)nn3)nn2)c1. The molecular formula is C63H68N18O9. The Kier molecular flexibility index (Phi) is 18.1. The van der Waals surface area contributed by atoms with E-state index in [9.17, 15) is 5.11 Å². The van der Waals surface area contributed by atoms with E-state index in [0.29, 0.717) is 66.3 Å². The van der Waals surface area contributed by atoms with Gasteiger partial charge >= 0.3 is 18.3 Å². The standard InChI is InChI=1S/C63H68N18O9/c1-60(2,55-39-79(75-67-55)50-24-11-7-12-25-50)63(81(57(82)83)51-26-13-8-14-27-51,56-38-77(74-68-56)35-45-19-9-6-10-20-45)78(43-62(42-65-72-70-62)34-48-23-15-16-30-54(48)88-5)58(84)90-80(44-61(41-64-71-69-61)33-46-21-17-28-52(31-46)86-3)59(85)89-40-49-37-76(73-66-49)36-47-22-18-29-53(32-47)87-4/h6-7,9-12,15-25,28-32,37-39,41-42,51H,8,13-14,26-27,33-36,40,43-44H2,1-5H3,(H,82,83). The Morgan fingerprint density at radius 3 is 1.91 bits per heavy atom. The fraction of sp³-hybridized carbons (Fsp3) is 0.349. The number of rotatable bonds is 24. The molecule has 0 spiro atoms. The number of methoxy groups -OCH3 is 3. The maximum Gasteiger partial charge on any atom is 0.443 e. The fourth-order valence-electron chi connectivity index (χ4n) is 12.0. The van der Waals surface area contributed by atoms with Crippen LogP contribution in [0.5, 0.6) is 17.2 Å². The van der Waals surface area contributed by atoms with Crippen LogP contribution < -0.4 is 14.2 Å². The molecule has 3 aliphatic rings. The van der Waals surface area contributed by atoms with Gasteiger partial charge in [0.05, 0.1) is 95.3 Å². The van der Waals surface area contributed by atoms with E-state index >= 15 is 14.4 Å². The lowest BCUT2D eigenvalue weighted by Gasteiger charge is -2.58. The van der Waals surface area contributed by atoms with Crippen LogP contribution in [0.1, 0.15) is 85.3 Å². The van der Waals surface area contributed by atoms with Gasteiger partial charge in [-0.05, 0) is 102 Å². The molecule has 3 aromatic heterocycles. The number of aromatic nitrogens is 9. The number of hydrogen-bond acceptors (Lipinski definition) is 20. The summed E-state index contributed by atoms with van der Waals surface area (Å²) >= 11 is 0. The van der Waals surface area contributed by atoms with Gasteiger partial charge in [-0.15, -0.1) is 30.6 Å². The minimum Gasteiger partial charge on any atom is -0.497 e. The molecule has 5 aromatic carbocycles. The molecule has 0 bridgehead atoms. The van der Waals surface area contributed by atoms with Gasteiger partial charge in [0.1, 0.15) is 46.3 Å². The first-order valence-corrected chi connectivity index (χ1v) is 29.3. The van der Waals surface area contributed by atoms with Crippen LogP contribution in [0.2, 0.25) is 0 Å². The van der Waals surface area contributed by atoms with Crippen molar-refractivity contribution in [2.24, 2.45) is 30.9 Å². The molecule has 3 unspecified atom stereocenters. The summed E-state index contributed by atoms with van der Waals surface area (Å²) in [6, 6.07) is 40.0. The Balaban J connectivity index is 1.10. The molecule has 1 fully saturated rings. The second-order valence-corrected chi connectivity index (χ2v) is 22.8. The number of nitrogens with zero attached hydrogens (tertiary/aromatic N) is 18. The first kappa shape index (κ1) is 60.9. The molecule has 3 amide bonds. The molecule has 11 rings (SSSR count). The van der Waals surface area contributed by atoms with Crippen LogP contribution in [0.25, 0.3) is 5.69 Å². The predicted octanol–water partition coefficient (Wildman–Crippen LogP) is 9.87. The summed E-state index contributed by atoms with van der Waals surface area (Å²) in [4.78, 5) is 56.9. The molecule has 0 saturated heterocycles. The Hall–Kier alpha value is -10.7. The fourth-order valence-corrected chi connectivity index (χ4v) is 12.0. The van der Waals surface area contributed by atoms with Crippen molar-refractivity contribution in [1.82, 2.24) is 59.8 Å². The maximum absolute atomic E-state index is 17.1. The van der Waals surface area contributed by atoms with Crippen LogP contribution in [0.15, 0.2) is 183 Å². The van der Waals surface area contributed by atoms with Crippen molar-refractivity contribution in [2.45, 2.75) is 107 Å². The number of hydrogen-bond donors (Lipinski definition) is 1. The highest BCUT2D eigenvalue weighted by atomic mass is 16.8. The predicted molar refractivity (Wildman–Crippen MR) is 326 cm³/mol. The Morgan fingerprint density at radius 2 is 1.23 bits per heavy atom. The summed E-state index contributed by atoms with van der Waals surface area (Å²) in [7, 11) is 4.66. The monoisotopic (exact) mass is 1220 g/mol. The maximum atomic E-state index is 17.1. The van der Waals surface area contributed by atoms with Crippen LogP contribution in [-0.2, 0) is 53.2 Å². The smallest absolute Gasteiger partial charge is 0.443 e. The zero-order valence-electron chi connectivity index (χ0n) is 50.4. The number of carboxylic acid groups (broad SMARTS) is 1. The molecule has 464 valence electrons. The van der Waals surface area contributed by atoms with E-state index in [4.69, 9.17) is 44.3 Å². The van der Waals surface area contributed by atoms with Crippen molar-refractivity contribution in [1.29, 1.82) is 0 Å². The van der Waals surface area contributed by atoms with Gasteiger partial charge in [0, 0.05) is 18.9 Å². The van der Waals surface area contributed by atoms with Gasteiger partial charge in [-0.2, -0.15) is 10.2 Å². The third-order valence-corrected chi connectivity index (χ3v) is 16.4. The normalized spacial score (nSPS) is 17.6. The number of hydroxylamine groups is 2. The number of benzene rings is 5. The highest BCUT2D eigenvalue weighted by Crippen LogP contribution is 2.52. The van der Waals surface area contributed by atoms with E-state index in [1.54, 1.807) is 85.0 Å². The molecule has 1 N–H and O–H groups in total. The lowest BCUT2D eigenvalue weighted by molar-refractivity contribution is -0.153. The average Bonchev–Trinajstić information content (AvgIpc) is 1.16. The first-order valence-electron chi connectivity index (χ1n) is 29.3. The van der Waals surface area contributed by atoms with Gasteiger partial charge in [-0.25, -0.2) is 28.4 Å². The van der Waals surface area contributed by atoms with Gasteiger partial charge in [0.2, 0.25) is 0 Å². The average molecular weight is 1220 g/mol. The molecule has 90 heavy (non-hydrogen) atoms. The molecule has 5 heterocycles. The second kappa shape index (κ2) is 26.7. The van der Waals surface area contributed by atoms with Crippen LogP contribution in [0.4, 0.5) is 14.4 Å². The molecule has 1 aliphatic carbocycles. The zero-order chi connectivity index (χ0) is 62.7. The second-order valence-electron chi connectivity index (χ2n) is 22.8. The van der Waals surface area contributed by atoms with Gasteiger partial charge < -0.3 is 28.9 Å². The number of carbonyl (C=O) groups excluding carboxylic acids is 2. The van der Waals surface area contributed by atoms with Crippen LogP contribution in [0, 0.1) is 0 Å². The minimum absolute atomic E-state index is 0.00353. The van der Waals surface area contributed by atoms with E-state index in [2.05, 4.69) is 41.3 Å². The molecule has 0 radical (unpaired) electrons. The van der Waals surface area contributed by atoms with Crippen molar-refractivity contribution < 1.29 is 43.3 Å². The molecule has 8 aromatic rings. The Bertz CT molecular complexity index is 3890. The quantitative estimate of drug-likeness (QED) is 0.0435. The summed E-state index contributed by atoms with van der Waals surface area (Å²) in [6.45, 7) is 2.49. The van der Waals surface area contributed by atoms with Crippen molar-refractivity contribution in [2.75, 3.05) is 34.4 Å². The van der Waals surface area contributed by atoms with Gasteiger partial charge in [0.25, 0.3) is 0 Å². The number of amides is 3. The molecule has 27 heteroatoms. The number of carbonyl (C=O) groups is 3. The summed E-state index contributed by atoms with van der Waals surface area (Å²) in [6.07, 6.45) is 6.96. The summed E-state index contributed by atoms with van der Waals surface area (Å²) in [5.74, 6) is 1.70. The third kappa shape index (κ3) is 13.1. The molecular weight excluding hydrogens is 1150 g/mol. The largest absolute Gasteiger partial charge is 0.497 e. The van der Waals surface area contributed by atoms with Crippen molar-refractivity contribution >= 4 is 30.7 Å². The summed E-state index contributed by atoms with van der Waals surface area (Å²) < 4.78 is 27.7. The topological polar surface area (TPSA) is 294 Å². The molecule has 2 aliphatic heterocycles. The van der Waals surface area contributed by atoms with E-state index < -0.39 is 66.2 Å². The first-order chi connectivity index (χ1) is 43.7. The van der Waals surface area contributed by atoms with E-state index in [1.807, 2.05) is 109 Å². The van der Waals surface area contributed by atoms with E-state index in [0.717, 1.165) is 22.6 Å². The third-order valence-electron chi connectivity index (χ3n) is 16.4. The van der Waals surface area contributed by atoms with Crippen LogP contribution in [-0.4, -0.2) is 147 Å². The number of ether oxygens (including phenoxy) is 4. The summed E-state index contributed by atoms with van der Waals surface area (Å²) in [5, 5.41) is 66.8. The minimum atomic E-state index is -2.40.